The molecule has 1 aliphatic rings. The first-order chi connectivity index (χ1) is 8.67. The van der Waals surface area contributed by atoms with Crippen molar-refractivity contribution >= 4 is 5.97 Å². The minimum atomic E-state index is -0.717. The third kappa shape index (κ3) is 5.02. The predicted molar refractivity (Wildman–Crippen MR) is 73.7 cm³/mol. The van der Waals surface area contributed by atoms with Crippen LogP contribution in [0.5, 0.6) is 0 Å². The van der Waals surface area contributed by atoms with Gasteiger partial charge in [0.1, 0.15) is 0 Å². The van der Waals surface area contributed by atoms with Gasteiger partial charge in [-0.3, -0.25) is 9.69 Å². The zero-order chi connectivity index (χ0) is 13.4. The van der Waals surface area contributed by atoms with Crippen LogP contribution in [-0.2, 0) is 4.79 Å². The topological polar surface area (TPSA) is 43.8 Å². The lowest BCUT2D eigenvalue weighted by molar-refractivity contribution is -0.137. The molecule has 1 heterocycles. The fourth-order valence-corrected chi connectivity index (χ4v) is 2.49. The largest absolute Gasteiger partial charge is 0.481 e. The van der Waals surface area contributed by atoms with Crippen LogP contribution in [0.4, 0.5) is 0 Å². The molecule has 18 heavy (non-hydrogen) atoms. The van der Waals surface area contributed by atoms with Gasteiger partial charge >= 0.3 is 5.97 Å². The average Bonchev–Trinajstić information content (AvgIpc) is 2.36. The van der Waals surface area contributed by atoms with E-state index in [0.717, 1.165) is 32.6 Å². The summed E-state index contributed by atoms with van der Waals surface area (Å²) in [5.41, 5.74) is 0. The van der Waals surface area contributed by atoms with E-state index in [-0.39, 0.29) is 6.42 Å². The molecule has 1 N–H and O–H groups in total. The van der Waals surface area contributed by atoms with Gasteiger partial charge in [-0.1, -0.05) is 12.2 Å². The van der Waals surface area contributed by atoms with Crippen molar-refractivity contribution in [1.29, 1.82) is 0 Å². The van der Waals surface area contributed by atoms with E-state index in [0.29, 0.717) is 12.6 Å². The van der Waals surface area contributed by atoms with Crippen molar-refractivity contribution in [3.63, 3.8) is 0 Å². The van der Waals surface area contributed by atoms with E-state index < -0.39 is 5.97 Å². The maximum absolute atomic E-state index is 10.6. The summed E-state index contributed by atoms with van der Waals surface area (Å²) >= 11 is 0. The maximum Gasteiger partial charge on any atom is 0.304 e. The van der Waals surface area contributed by atoms with Gasteiger partial charge in [-0.15, -0.1) is 13.2 Å². The molecular weight excluding hydrogens is 228 g/mol. The number of aliphatic carboxylic acids is 1. The summed E-state index contributed by atoms with van der Waals surface area (Å²) in [4.78, 5) is 15.2. The summed E-state index contributed by atoms with van der Waals surface area (Å²) in [5.74, 6) is -0.717. The van der Waals surface area contributed by atoms with E-state index in [1.165, 1.54) is 6.42 Å². The first-order valence-corrected chi connectivity index (χ1v) is 6.57. The van der Waals surface area contributed by atoms with Gasteiger partial charge in [-0.25, -0.2) is 0 Å². The molecule has 1 saturated heterocycles. The first kappa shape index (κ1) is 14.9. The molecule has 0 saturated carbocycles. The number of likely N-dealkylation sites (tertiary alicyclic amines) is 1. The minimum Gasteiger partial charge on any atom is -0.481 e. The van der Waals surface area contributed by atoms with Gasteiger partial charge < -0.3 is 10.0 Å². The first-order valence-electron chi connectivity index (χ1n) is 6.57. The second-order valence-electron chi connectivity index (χ2n) is 4.77. The van der Waals surface area contributed by atoms with Crippen LogP contribution in [0.2, 0.25) is 0 Å². The van der Waals surface area contributed by atoms with Crippen LogP contribution in [0, 0.1) is 0 Å². The van der Waals surface area contributed by atoms with Crippen LogP contribution in [0.15, 0.2) is 25.3 Å². The molecule has 0 aromatic rings. The Kier molecular flexibility index (Phi) is 6.68. The van der Waals surface area contributed by atoms with Crippen molar-refractivity contribution in [2.75, 3.05) is 32.7 Å². The molecule has 0 aromatic heterocycles. The van der Waals surface area contributed by atoms with Crippen molar-refractivity contribution in [2.24, 2.45) is 0 Å². The SMILES string of the molecule is C=CCN(CC=C)C1CCCN(CCC(=O)O)C1. The highest BCUT2D eigenvalue weighted by molar-refractivity contribution is 5.66. The van der Waals surface area contributed by atoms with E-state index in [4.69, 9.17) is 5.11 Å². The molecule has 0 amide bonds. The summed E-state index contributed by atoms with van der Waals surface area (Å²) in [6.07, 6.45) is 6.37. The lowest BCUT2D eigenvalue weighted by atomic mass is 10.0. The smallest absolute Gasteiger partial charge is 0.304 e. The molecule has 4 heteroatoms. The number of carboxylic acids is 1. The highest BCUT2D eigenvalue weighted by atomic mass is 16.4. The zero-order valence-corrected chi connectivity index (χ0v) is 11.1. The quantitative estimate of drug-likeness (QED) is 0.666. The standard InChI is InChI=1S/C14H24N2O2/c1-3-8-16(9-4-2)13-6-5-10-15(12-13)11-7-14(17)18/h3-4,13H,1-2,5-12H2,(H,17,18). The summed E-state index contributed by atoms with van der Waals surface area (Å²) in [6, 6.07) is 0.489. The number of hydrogen-bond acceptors (Lipinski definition) is 3. The molecule has 0 bridgehead atoms. The molecule has 0 aliphatic carbocycles. The van der Waals surface area contributed by atoms with E-state index in [2.05, 4.69) is 23.0 Å². The Morgan fingerprint density at radius 1 is 1.39 bits per heavy atom. The van der Waals surface area contributed by atoms with Crippen LogP contribution in [-0.4, -0.2) is 59.6 Å². The van der Waals surface area contributed by atoms with Gasteiger partial charge in [-0.05, 0) is 19.4 Å². The van der Waals surface area contributed by atoms with Gasteiger partial charge in [-0.2, -0.15) is 0 Å². The van der Waals surface area contributed by atoms with Crippen LogP contribution in [0.1, 0.15) is 19.3 Å². The summed E-state index contributed by atoms with van der Waals surface area (Å²) < 4.78 is 0. The molecule has 0 aromatic carbocycles. The maximum atomic E-state index is 10.6. The lowest BCUT2D eigenvalue weighted by Gasteiger charge is -2.38. The molecule has 1 unspecified atom stereocenters. The Bertz CT molecular complexity index is 282. The van der Waals surface area contributed by atoms with E-state index >= 15 is 0 Å². The number of nitrogens with zero attached hydrogens (tertiary/aromatic N) is 2. The number of carbonyl (C=O) groups is 1. The van der Waals surface area contributed by atoms with Crippen LogP contribution in [0.3, 0.4) is 0 Å². The molecule has 4 nitrogen and oxygen atoms in total. The fourth-order valence-electron chi connectivity index (χ4n) is 2.49. The molecule has 1 fully saturated rings. The van der Waals surface area contributed by atoms with Crippen LogP contribution in [0.25, 0.3) is 0 Å². The van der Waals surface area contributed by atoms with E-state index in [1.807, 2.05) is 12.2 Å². The number of hydrogen-bond donors (Lipinski definition) is 1. The molecule has 1 aliphatic heterocycles. The summed E-state index contributed by atoms with van der Waals surface area (Å²) in [5, 5.41) is 8.72. The third-order valence-electron chi connectivity index (χ3n) is 3.37. The van der Waals surface area contributed by atoms with Gasteiger partial charge in [0, 0.05) is 32.2 Å². The molecule has 102 valence electrons. The Labute approximate surface area is 110 Å². The van der Waals surface area contributed by atoms with E-state index in [1.54, 1.807) is 0 Å². The monoisotopic (exact) mass is 252 g/mol. The fraction of sp³-hybridized carbons (Fsp3) is 0.643. The molecule has 1 rings (SSSR count). The highest BCUT2D eigenvalue weighted by Crippen LogP contribution is 2.16. The van der Waals surface area contributed by atoms with Gasteiger partial charge in [0.05, 0.1) is 6.42 Å². The van der Waals surface area contributed by atoms with Gasteiger partial charge in [0.25, 0.3) is 0 Å². The molecule has 0 radical (unpaired) electrons. The summed E-state index contributed by atoms with van der Waals surface area (Å²) in [7, 11) is 0. The Hall–Kier alpha value is -1.13. The Morgan fingerprint density at radius 2 is 2.06 bits per heavy atom. The number of piperidine rings is 1. The van der Waals surface area contributed by atoms with Gasteiger partial charge in [0.2, 0.25) is 0 Å². The van der Waals surface area contributed by atoms with Crippen molar-refractivity contribution in [2.45, 2.75) is 25.3 Å². The van der Waals surface area contributed by atoms with Crippen LogP contribution < -0.4 is 0 Å². The minimum absolute atomic E-state index is 0.232. The highest BCUT2D eigenvalue weighted by Gasteiger charge is 2.24. The average molecular weight is 252 g/mol. The van der Waals surface area contributed by atoms with Crippen molar-refractivity contribution in [3.8, 4) is 0 Å². The van der Waals surface area contributed by atoms with Crippen molar-refractivity contribution < 1.29 is 9.90 Å². The molecular formula is C14H24N2O2. The van der Waals surface area contributed by atoms with E-state index in [9.17, 15) is 4.79 Å². The number of carboxylic acid groups (broad SMARTS) is 1. The third-order valence-corrected chi connectivity index (χ3v) is 3.37. The second-order valence-corrected chi connectivity index (χ2v) is 4.77. The van der Waals surface area contributed by atoms with Crippen molar-refractivity contribution in [3.05, 3.63) is 25.3 Å². The second kappa shape index (κ2) is 8.06. The number of rotatable bonds is 8. The Morgan fingerprint density at radius 3 is 2.61 bits per heavy atom. The van der Waals surface area contributed by atoms with Crippen LogP contribution >= 0.6 is 0 Å². The van der Waals surface area contributed by atoms with Gasteiger partial charge in [0.15, 0.2) is 0 Å². The lowest BCUT2D eigenvalue weighted by Crippen LogP contribution is -2.48. The molecule has 1 atom stereocenters. The van der Waals surface area contributed by atoms with Crippen molar-refractivity contribution in [1.82, 2.24) is 9.80 Å². The zero-order valence-electron chi connectivity index (χ0n) is 11.1. The predicted octanol–water partition coefficient (Wildman–Crippen LogP) is 1.60. The molecule has 0 spiro atoms. The normalized spacial score (nSPS) is 20.8. The summed E-state index contributed by atoms with van der Waals surface area (Å²) in [6.45, 7) is 11.9. The Balaban J connectivity index is 2.46.